The lowest BCUT2D eigenvalue weighted by molar-refractivity contribution is -0.0498. The minimum Gasteiger partial charge on any atom is -0.435 e. The van der Waals surface area contributed by atoms with E-state index in [-0.39, 0.29) is 30.1 Å². The predicted molar refractivity (Wildman–Crippen MR) is 98.8 cm³/mol. The fraction of sp³-hybridized carbons (Fsp3) is 0.278. The predicted octanol–water partition coefficient (Wildman–Crippen LogP) is 3.55. The monoisotopic (exact) mass is 383 g/mol. The average Bonchev–Trinajstić information content (AvgIpc) is 3.09. The van der Waals surface area contributed by atoms with E-state index in [1.54, 1.807) is 30.3 Å². The largest absolute Gasteiger partial charge is 0.435 e. The van der Waals surface area contributed by atoms with Crippen LogP contribution in [0.3, 0.4) is 0 Å². The van der Waals surface area contributed by atoms with Gasteiger partial charge in [0.1, 0.15) is 5.75 Å². The topological polar surface area (TPSA) is 62.4 Å². The number of para-hydroxylation sites is 1. The van der Waals surface area contributed by atoms with E-state index in [9.17, 15) is 13.6 Å². The van der Waals surface area contributed by atoms with Crippen LogP contribution in [0.2, 0.25) is 0 Å². The third kappa shape index (κ3) is 5.31. The van der Waals surface area contributed by atoms with Gasteiger partial charge >= 0.3 is 6.61 Å². The number of hydrogen-bond donors (Lipinski definition) is 3. The Bertz CT molecular complexity index is 723. The number of rotatable bonds is 6. The van der Waals surface area contributed by atoms with Crippen LogP contribution in [-0.2, 0) is 0 Å². The number of nitrogens with one attached hydrogen (secondary N) is 3. The van der Waals surface area contributed by atoms with Gasteiger partial charge in [0, 0.05) is 18.3 Å². The average molecular weight is 384 g/mol. The number of carbonyl (C=O) groups is 1. The first-order valence-corrected chi connectivity index (χ1v) is 8.04. The highest BCUT2D eigenvalue weighted by Gasteiger charge is 2.19. The van der Waals surface area contributed by atoms with Gasteiger partial charge in [0.05, 0.1) is 11.3 Å². The van der Waals surface area contributed by atoms with Crippen molar-refractivity contribution in [1.29, 1.82) is 0 Å². The number of hydrogen-bond acceptors (Lipinski definition) is 4. The standard InChI is InChI=1S/C18H19F2N3O2.ClH/c19-18(20)25-14-7-5-12(6-8-14)22-16-4-2-1-3-15(16)17(24)23-13-9-10-21-11-13;/h1-8,13,18,21-22H,9-11H2,(H,23,24);1H. The van der Waals surface area contributed by atoms with Gasteiger partial charge in [-0.15, -0.1) is 12.4 Å². The molecule has 2 aromatic carbocycles. The van der Waals surface area contributed by atoms with E-state index in [0.29, 0.717) is 16.9 Å². The molecule has 1 aliphatic heterocycles. The van der Waals surface area contributed by atoms with Gasteiger partial charge in [-0.1, -0.05) is 12.1 Å². The quantitative estimate of drug-likeness (QED) is 0.714. The van der Waals surface area contributed by atoms with Gasteiger partial charge in [-0.3, -0.25) is 4.79 Å². The fourth-order valence-corrected chi connectivity index (χ4v) is 2.71. The van der Waals surface area contributed by atoms with Gasteiger partial charge in [0.2, 0.25) is 0 Å². The number of carbonyl (C=O) groups excluding carboxylic acids is 1. The summed E-state index contributed by atoms with van der Waals surface area (Å²) in [6.07, 6.45) is 0.910. The molecule has 140 valence electrons. The summed E-state index contributed by atoms with van der Waals surface area (Å²) in [4.78, 5) is 12.5. The SMILES string of the molecule is Cl.O=C(NC1CCNC1)c1ccccc1Nc1ccc(OC(F)F)cc1. The summed E-state index contributed by atoms with van der Waals surface area (Å²) < 4.78 is 28.7. The second-order valence-corrected chi connectivity index (χ2v) is 5.74. The summed E-state index contributed by atoms with van der Waals surface area (Å²) in [5.41, 5.74) is 1.85. The molecule has 0 aromatic heterocycles. The molecule has 26 heavy (non-hydrogen) atoms. The van der Waals surface area contributed by atoms with Crippen LogP contribution in [0.25, 0.3) is 0 Å². The summed E-state index contributed by atoms with van der Waals surface area (Å²) >= 11 is 0. The van der Waals surface area contributed by atoms with Crippen LogP contribution < -0.4 is 20.7 Å². The normalized spacial score (nSPS) is 16.0. The van der Waals surface area contributed by atoms with Gasteiger partial charge in [-0.25, -0.2) is 0 Å². The zero-order valence-corrected chi connectivity index (χ0v) is 14.7. The van der Waals surface area contributed by atoms with Crippen LogP contribution in [0.5, 0.6) is 5.75 Å². The molecule has 3 rings (SSSR count). The third-order valence-corrected chi connectivity index (χ3v) is 3.93. The van der Waals surface area contributed by atoms with E-state index in [2.05, 4.69) is 20.7 Å². The van der Waals surface area contributed by atoms with Crippen molar-refractivity contribution in [3.05, 3.63) is 54.1 Å². The maximum absolute atomic E-state index is 12.5. The zero-order chi connectivity index (χ0) is 17.6. The molecule has 1 atom stereocenters. The van der Waals surface area contributed by atoms with E-state index >= 15 is 0 Å². The lowest BCUT2D eigenvalue weighted by Crippen LogP contribution is -2.36. The molecule has 0 aliphatic carbocycles. The van der Waals surface area contributed by atoms with Gasteiger partial charge in [0.25, 0.3) is 5.91 Å². The molecule has 1 aliphatic rings. The Morgan fingerprint density at radius 1 is 1.15 bits per heavy atom. The minimum absolute atomic E-state index is 0. The van der Waals surface area contributed by atoms with E-state index in [1.807, 2.05) is 6.07 Å². The van der Waals surface area contributed by atoms with Crippen molar-refractivity contribution < 1.29 is 18.3 Å². The van der Waals surface area contributed by atoms with Crippen molar-refractivity contribution >= 4 is 29.7 Å². The van der Waals surface area contributed by atoms with Crippen LogP contribution in [0.4, 0.5) is 20.2 Å². The van der Waals surface area contributed by atoms with E-state index < -0.39 is 6.61 Å². The van der Waals surface area contributed by atoms with Crippen LogP contribution in [0, 0.1) is 0 Å². The van der Waals surface area contributed by atoms with Crippen molar-refractivity contribution in [3.63, 3.8) is 0 Å². The summed E-state index contributed by atoms with van der Waals surface area (Å²) in [6, 6.07) is 13.4. The highest BCUT2D eigenvalue weighted by molar-refractivity contribution is 6.00. The number of amides is 1. The highest BCUT2D eigenvalue weighted by atomic mass is 35.5. The Balaban J connectivity index is 0.00000243. The Morgan fingerprint density at radius 2 is 1.88 bits per heavy atom. The van der Waals surface area contributed by atoms with Crippen LogP contribution in [0.15, 0.2) is 48.5 Å². The van der Waals surface area contributed by atoms with Crippen molar-refractivity contribution in [2.24, 2.45) is 0 Å². The molecule has 0 saturated carbocycles. The number of anilines is 2. The van der Waals surface area contributed by atoms with E-state index in [0.717, 1.165) is 19.5 Å². The highest BCUT2D eigenvalue weighted by Crippen LogP contribution is 2.24. The molecule has 0 radical (unpaired) electrons. The Morgan fingerprint density at radius 3 is 2.54 bits per heavy atom. The zero-order valence-electron chi connectivity index (χ0n) is 13.9. The molecule has 1 saturated heterocycles. The molecule has 2 aromatic rings. The third-order valence-electron chi connectivity index (χ3n) is 3.93. The molecule has 1 amide bonds. The molecular formula is C18H20ClF2N3O2. The number of benzene rings is 2. The maximum Gasteiger partial charge on any atom is 0.387 e. The van der Waals surface area contributed by atoms with Crippen LogP contribution >= 0.6 is 12.4 Å². The molecule has 3 N–H and O–H groups in total. The number of halogens is 3. The van der Waals surface area contributed by atoms with Gasteiger partial charge < -0.3 is 20.7 Å². The molecule has 1 heterocycles. The first-order chi connectivity index (χ1) is 12.1. The van der Waals surface area contributed by atoms with Crippen molar-refractivity contribution in [1.82, 2.24) is 10.6 Å². The van der Waals surface area contributed by atoms with Gasteiger partial charge in [0.15, 0.2) is 0 Å². The molecule has 0 spiro atoms. The van der Waals surface area contributed by atoms with Crippen molar-refractivity contribution in [2.75, 3.05) is 18.4 Å². The second-order valence-electron chi connectivity index (χ2n) is 5.74. The smallest absolute Gasteiger partial charge is 0.387 e. The van der Waals surface area contributed by atoms with Crippen molar-refractivity contribution in [2.45, 2.75) is 19.1 Å². The van der Waals surface area contributed by atoms with Crippen molar-refractivity contribution in [3.8, 4) is 5.75 Å². The first-order valence-electron chi connectivity index (χ1n) is 8.04. The molecular weight excluding hydrogens is 364 g/mol. The lowest BCUT2D eigenvalue weighted by atomic mass is 10.1. The summed E-state index contributed by atoms with van der Waals surface area (Å²) in [5, 5.41) is 9.35. The minimum atomic E-state index is -2.85. The molecule has 0 bridgehead atoms. The Kier molecular flexibility index (Phi) is 7.17. The van der Waals surface area contributed by atoms with E-state index in [1.165, 1.54) is 12.1 Å². The van der Waals surface area contributed by atoms with E-state index in [4.69, 9.17) is 0 Å². The Hall–Kier alpha value is -2.38. The number of alkyl halides is 2. The van der Waals surface area contributed by atoms with Gasteiger partial charge in [-0.2, -0.15) is 8.78 Å². The van der Waals surface area contributed by atoms with Gasteiger partial charge in [-0.05, 0) is 49.4 Å². The fourth-order valence-electron chi connectivity index (χ4n) is 2.71. The molecule has 5 nitrogen and oxygen atoms in total. The summed E-state index contributed by atoms with van der Waals surface area (Å²) in [5.74, 6) is -0.0604. The van der Waals surface area contributed by atoms with Crippen LogP contribution in [-0.4, -0.2) is 31.7 Å². The van der Waals surface area contributed by atoms with Crippen LogP contribution in [0.1, 0.15) is 16.8 Å². The second kappa shape index (κ2) is 9.35. The number of ether oxygens (including phenoxy) is 1. The Labute approximate surface area is 156 Å². The molecule has 8 heteroatoms. The summed E-state index contributed by atoms with van der Waals surface area (Å²) in [6.45, 7) is -1.18. The maximum atomic E-state index is 12.5. The summed E-state index contributed by atoms with van der Waals surface area (Å²) in [7, 11) is 0. The molecule has 1 fully saturated rings. The molecule has 1 unspecified atom stereocenters. The lowest BCUT2D eigenvalue weighted by Gasteiger charge is -2.15. The first kappa shape index (κ1) is 19.9.